The number of carboxylic acids is 1. The van der Waals surface area contributed by atoms with Gasteiger partial charge in [-0.25, -0.2) is 4.79 Å². The Bertz CT molecular complexity index is 175. The third-order valence-electron chi connectivity index (χ3n) is 2.15. The van der Waals surface area contributed by atoms with Crippen molar-refractivity contribution in [2.45, 2.75) is 43.5 Å². The molecule has 0 saturated carbocycles. The Morgan fingerprint density at radius 1 is 1.50 bits per heavy atom. The van der Waals surface area contributed by atoms with Crippen LogP contribution < -0.4 is 0 Å². The van der Waals surface area contributed by atoms with Crippen molar-refractivity contribution in [1.82, 2.24) is 0 Å². The number of halogens is 1. The number of carboxylic acid groups (broad SMARTS) is 1. The summed E-state index contributed by atoms with van der Waals surface area (Å²) >= 11 is 3.23. The first kappa shape index (κ1) is 11.9. The summed E-state index contributed by atoms with van der Waals surface area (Å²) in [4.78, 5) is 10.7. The van der Waals surface area contributed by atoms with Crippen molar-refractivity contribution >= 4 is 21.9 Å². The van der Waals surface area contributed by atoms with Crippen LogP contribution in [-0.2, 0) is 4.79 Å². The summed E-state index contributed by atoms with van der Waals surface area (Å²) in [6, 6.07) is 0. The van der Waals surface area contributed by atoms with Gasteiger partial charge >= 0.3 is 5.97 Å². The monoisotopic (exact) mass is 238 g/mol. The highest BCUT2D eigenvalue weighted by Crippen LogP contribution is 2.35. The second-order valence-corrected chi connectivity index (χ2v) is 5.08. The van der Waals surface area contributed by atoms with Crippen molar-refractivity contribution in [3.05, 3.63) is 0 Å². The smallest absolute Gasteiger partial charge is 0.336 e. The van der Waals surface area contributed by atoms with E-state index in [1.54, 1.807) is 6.92 Å². The third-order valence-corrected chi connectivity index (χ3v) is 3.32. The van der Waals surface area contributed by atoms with Gasteiger partial charge in [-0.1, -0.05) is 29.3 Å². The van der Waals surface area contributed by atoms with Crippen LogP contribution >= 0.6 is 15.9 Å². The quantitative estimate of drug-likeness (QED) is 0.735. The van der Waals surface area contributed by atoms with Crippen LogP contribution in [0.25, 0.3) is 0 Å². The van der Waals surface area contributed by atoms with Gasteiger partial charge in [0, 0.05) is 0 Å². The zero-order chi connectivity index (χ0) is 9.99. The number of aliphatic hydroxyl groups is 1. The fraction of sp³-hybridized carbons (Fsp3) is 0.875. The molecule has 0 aromatic carbocycles. The van der Waals surface area contributed by atoms with Crippen molar-refractivity contribution in [3.63, 3.8) is 0 Å². The molecular formula is C8H15BrO3. The number of rotatable bonds is 4. The molecule has 0 radical (unpaired) electrons. The Hall–Kier alpha value is -0.0900. The lowest BCUT2D eigenvalue weighted by molar-refractivity contribution is -0.159. The van der Waals surface area contributed by atoms with Crippen LogP contribution in [0.2, 0.25) is 0 Å². The molecule has 2 atom stereocenters. The average molecular weight is 239 g/mol. The van der Waals surface area contributed by atoms with Crippen LogP contribution in [0.3, 0.4) is 0 Å². The van der Waals surface area contributed by atoms with Crippen LogP contribution in [-0.4, -0.2) is 26.1 Å². The minimum atomic E-state index is -1.72. The van der Waals surface area contributed by atoms with E-state index in [1.165, 1.54) is 6.92 Å². The Kier molecular flexibility index (Phi) is 3.72. The molecule has 72 valence electrons. The summed E-state index contributed by atoms with van der Waals surface area (Å²) in [6.45, 7) is 4.93. The van der Waals surface area contributed by atoms with E-state index in [-0.39, 0.29) is 0 Å². The minimum Gasteiger partial charge on any atom is -0.479 e. The lowest BCUT2D eigenvalue weighted by Gasteiger charge is -2.34. The molecule has 2 N–H and O–H groups in total. The van der Waals surface area contributed by atoms with Gasteiger partial charge < -0.3 is 10.2 Å². The van der Waals surface area contributed by atoms with Gasteiger partial charge in [0.15, 0.2) is 5.60 Å². The van der Waals surface area contributed by atoms with E-state index in [2.05, 4.69) is 15.9 Å². The predicted molar refractivity (Wildman–Crippen MR) is 50.5 cm³/mol. The molecule has 0 fully saturated rings. The standard InChI is InChI=1S/C8H15BrO3/c1-4-5-7(2,9)8(3,12)6(10)11/h12H,4-5H2,1-3H3,(H,10,11)/t7-,8-/m0/s1. The minimum absolute atomic E-state index is 0.617. The summed E-state index contributed by atoms with van der Waals surface area (Å²) < 4.78 is -0.763. The highest BCUT2D eigenvalue weighted by atomic mass is 79.9. The van der Waals surface area contributed by atoms with Gasteiger partial charge in [-0.15, -0.1) is 0 Å². The maximum absolute atomic E-state index is 10.7. The van der Waals surface area contributed by atoms with Crippen LogP contribution in [0, 0.1) is 0 Å². The normalized spacial score (nSPS) is 21.1. The molecule has 0 saturated heterocycles. The van der Waals surface area contributed by atoms with E-state index in [0.717, 1.165) is 6.42 Å². The topological polar surface area (TPSA) is 57.5 Å². The van der Waals surface area contributed by atoms with Crippen LogP contribution in [0.5, 0.6) is 0 Å². The summed E-state index contributed by atoms with van der Waals surface area (Å²) in [6.07, 6.45) is 1.44. The van der Waals surface area contributed by atoms with Crippen LogP contribution in [0.15, 0.2) is 0 Å². The van der Waals surface area contributed by atoms with Gasteiger partial charge in [-0.05, 0) is 20.3 Å². The molecule has 3 nitrogen and oxygen atoms in total. The number of hydrogen-bond donors (Lipinski definition) is 2. The SMILES string of the molecule is CCC[C@](C)(Br)[C@@](C)(O)C(=O)O. The molecule has 0 bridgehead atoms. The van der Waals surface area contributed by atoms with Crippen LogP contribution in [0.1, 0.15) is 33.6 Å². The average Bonchev–Trinajstić information content (AvgIpc) is 1.86. The number of hydrogen-bond acceptors (Lipinski definition) is 2. The first-order valence-corrected chi connectivity index (χ1v) is 4.69. The van der Waals surface area contributed by atoms with Crippen molar-refractivity contribution < 1.29 is 15.0 Å². The predicted octanol–water partition coefficient (Wildman–Crippen LogP) is 1.78. The number of carbonyl (C=O) groups is 1. The Morgan fingerprint density at radius 2 is 1.92 bits per heavy atom. The van der Waals surface area contributed by atoms with Crippen molar-refractivity contribution in [1.29, 1.82) is 0 Å². The number of alkyl halides is 1. The lowest BCUT2D eigenvalue weighted by atomic mass is 9.87. The molecule has 0 aromatic heterocycles. The molecule has 0 aliphatic heterocycles. The van der Waals surface area contributed by atoms with Crippen molar-refractivity contribution in [2.24, 2.45) is 0 Å². The van der Waals surface area contributed by atoms with Gasteiger partial charge in [0.2, 0.25) is 0 Å². The Morgan fingerprint density at radius 3 is 2.17 bits per heavy atom. The zero-order valence-corrected chi connectivity index (χ0v) is 9.18. The van der Waals surface area contributed by atoms with E-state index in [0.29, 0.717) is 6.42 Å². The molecule has 0 spiro atoms. The van der Waals surface area contributed by atoms with E-state index in [1.807, 2.05) is 6.92 Å². The van der Waals surface area contributed by atoms with Crippen molar-refractivity contribution in [3.8, 4) is 0 Å². The second-order valence-electron chi connectivity index (χ2n) is 3.32. The summed E-state index contributed by atoms with van der Waals surface area (Å²) in [5.74, 6) is -1.20. The van der Waals surface area contributed by atoms with Gasteiger partial charge in [0.25, 0.3) is 0 Å². The van der Waals surface area contributed by atoms with Gasteiger partial charge in [0.05, 0.1) is 4.32 Å². The van der Waals surface area contributed by atoms with Gasteiger partial charge in [-0.3, -0.25) is 0 Å². The van der Waals surface area contributed by atoms with E-state index in [4.69, 9.17) is 5.11 Å². The molecular weight excluding hydrogens is 224 g/mol. The van der Waals surface area contributed by atoms with Crippen LogP contribution in [0.4, 0.5) is 0 Å². The summed E-state index contributed by atoms with van der Waals surface area (Å²) in [5.41, 5.74) is -1.72. The van der Waals surface area contributed by atoms with Gasteiger partial charge in [-0.2, -0.15) is 0 Å². The molecule has 0 aliphatic carbocycles. The highest BCUT2D eigenvalue weighted by Gasteiger charge is 2.46. The molecule has 12 heavy (non-hydrogen) atoms. The second kappa shape index (κ2) is 3.75. The molecule has 0 amide bonds. The Balaban J connectivity index is 4.62. The van der Waals surface area contributed by atoms with Gasteiger partial charge in [0.1, 0.15) is 0 Å². The lowest BCUT2D eigenvalue weighted by Crippen LogP contribution is -2.51. The number of aliphatic carboxylic acids is 1. The first-order chi connectivity index (χ1) is 5.25. The molecule has 0 rings (SSSR count). The molecule has 4 heteroatoms. The summed E-state index contributed by atoms with van der Waals surface area (Å²) in [5, 5.41) is 18.3. The fourth-order valence-electron chi connectivity index (χ4n) is 0.936. The van der Waals surface area contributed by atoms with E-state index >= 15 is 0 Å². The molecule has 0 aromatic rings. The largest absolute Gasteiger partial charge is 0.479 e. The maximum Gasteiger partial charge on any atom is 0.336 e. The molecule has 0 aliphatic rings. The molecule has 0 heterocycles. The first-order valence-electron chi connectivity index (χ1n) is 3.90. The highest BCUT2D eigenvalue weighted by molar-refractivity contribution is 9.10. The van der Waals surface area contributed by atoms with E-state index < -0.39 is 15.9 Å². The van der Waals surface area contributed by atoms with Crippen molar-refractivity contribution in [2.75, 3.05) is 0 Å². The summed E-state index contributed by atoms with van der Waals surface area (Å²) in [7, 11) is 0. The maximum atomic E-state index is 10.7. The Labute approximate surface area is 80.9 Å². The molecule has 0 unspecified atom stereocenters. The van der Waals surface area contributed by atoms with E-state index in [9.17, 15) is 9.90 Å². The third kappa shape index (κ3) is 2.20. The zero-order valence-electron chi connectivity index (χ0n) is 7.59. The fourth-order valence-corrected chi connectivity index (χ4v) is 1.50.